The fraction of sp³-hybridized carbons (Fsp3) is 0.375. The number of hydrogen-bond donors (Lipinski definition) is 1. The maximum atomic E-state index is 13.9. The lowest BCUT2D eigenvalue weighted by molar-refractivity contribution is -0.141. The van der Waals surface area contributed by atoms with Crippen LogP contribution < -0.4 is 5.32 Å². The van der Waals surface area contributed by atoms with Gasteiger partial charge in [0.05, 0.1) is 0 Å². The molecule has 1 aliphatic carbocycles. The molecule has 4 nitrogen and oxygen atoms in total. The predicted molar refractivity (Wildman–Crippen MR) is 155 cm³/mol. The second-order valence-electron chi connectivity index (χ2n) is 10.3. The molecule has 200 valence electrons. The fourth-order valence-corrected chi connectivity index (χ4v) is 5.55. The molecule has 0 spiro atoms. The van der Waals surface area contributed by atoms with Crippen molar-refractivity contribution >= 4 is 35.0 Å². The highest BCUT2D eigenvalue weighted by atomic mass is 35.5. The summed E-state index contributed by atoms with van der Waals surface area (Å²) < 4.78 is 0. The quantitative estimate of drug-likeness (QED) is 0.287. The number of carbonyl (C=O) groups excluding carboxylic acids is 2. The number of halogens is 2. The van der Waals surface area contributed by atoms with Crippen LogP contribution in [-0.4, -0.2) is 28.8 Å². The Kier molecular flexibility index (Phi) is 10.3. The third-order valence-corrected chi connectivity index (χ3v) is 7.91. The maximum Gasteiger partial charge on any atom is 0.243 e. The molecule has 0 bridgehead atoms. The molecule has 3 aromatic carbocycles. The molecule has 0 aromatic heterocycles. The molecule has 0 aliphatic heterocycles. The second-order valence-corrected chi connectivity index (χ2v) is 11.1. The Labute approximate surface area is 236 Å². The highest BCUT2D eigenvalue weighted by Gasteiger charge is 2.32. The molecule has 38 heavy (non-hydrogen) atoms. The van der Waals surface area contributed by atoms with E-state index in [0.717, 1.165) is 42.4 Å². The van der Waals surface area contributed by atoms with Crippen LogP contribution in [0.3, 0.4) is 0 Å². The first-order valence-corrected chi connectivity index (χ1v) is 14.3. The maximum absolute atomic E-state index is 13.9. The van der Waals surface area contributed by atoms with Gasteiger partial charge in [0.25, 0.3) is 0 Å². The molecule has 0 saturated heterocycles. The van der Waals surface area contributed by atoms with Gasteiger partial charge in [0, 0.05) is 35.5 Å². The summed E-state index contributed by atoms with van der Waals surface area (Å²) in [5.41, 5.74) is 4.05. The molecule has 2 amide bonds. The van der Waals surface area contributed by atoms with Crippen LogP contribution in [0.1, 0.15) is 60.8 Å². The number of amides is 2. The first-order valence-electron chi connectivity index (χ1n) is 13.5. The van der Waals surface area contributed by atoms with Gasteiger partial charge in [-0.05, 0) is 55.0 Å². The van der Waals surface area contributed by atoms with E-state index in [1.54, 1.807) is 17.0 Å². The van der Waals surface area contributed by atoms with Crippen LogP contribution in [0.2, 0.25) is 10.0 Å². The van der Waals surface area contributed by atoms with E-state index in [2.05, 4.69) is 29.6 Å². The summed E-state index contributed by atoms with van der Waals surface area (Å²) >= 11 is 12.7. The number of nitrogens with zero attached hydrogens (tertiary/aromatic N) is 1. The number of hydrogen-bond acceptors (Lipinski definition) is 2. The Bertz CT molecular complexity index is 1210. The summed E-state index contributed by atoms with van der Waals surface area (Å²) in [6.07, 6.45) is 6.74. The van der Waals surface area contributed by atoms with Crippen LogP contribution in [-0.2, 0) is 29.0 Å². The van der Waals surface area contributed by atoms with Crippen LogP contribution >= 0.6 is 23.2 Å². The Morgan fingerprint density at radius 1 is 0.921 bits per heavy atom. The number of benzene rings is 3. The molecule has 6 heteroatoms. The first-order chi connectivity index (χ1) is 18.4. The average molecular weight is 552 g/mol. The van der Waals surface area contributed by atoms with Gasteiger partial charge in [0.1, 0.15) is 6.04 Å². The average Bonchev–Trinajstić information content (AvgIpc) is 2.92. The van der Waals surface area contributed by atoms with E-state index >= 15 is 0 Å². The highest BCUT2D eigenvalue weighted by molar-refractivity contribution is 6.35. The van der Waals surface area contributed by atoms with Crippen LogP contribution in [0.5, 0.6) is 0 Å². The zero-order valence-corrected chi connectivity index (χ0v) is 23.5. The topological polar surface area (TPSA) is 49.4 Å². The van der Waals surface area contributed by atoms with Gasteiger partial charge in [-0.1, -0.05) is 109 Å². The van der Waals surface area contributed by atoms with Crippen molar-refractivity contribution in [3.05, 3.63) is 105 Å². The fourth-order valence-electron chi connectivity index (χ4n) is 5.08. The number of aryl methyl sites for hydroxylation is 2. The van der Waals surface area contributed by atoms with Gasteiger partial charge in [-0.2, -0.15) is 0 Å². The standard InChI is InChI=1S/C32H36Cl2N2O2/c1-23-12-14-24(15-13-23)16-19-31(37)36(22-26-17-18-27(33)21-29(26)34)30(20-25-8-4-2-5-9-25)32(38)35-28-10-6-3-7-11-28/h2,4-5,8-9,12-15,17-18,21,28,30H,3,6-7,10-11,16,19-20,22H2,1H3,(H,35,38)/t30-/m0/s1. The lowest BCUT2D eigenvalue weighted by Gasteiger charge is -2.34. The van der Waals surface area contributed by atoms with E-state index in [4.69, 9.17) is 23.2 Å². The SMILES string of the molecule is Cc1ccc(CCC(=O)N(Cc2ccc(Cl)cc2Cl)[C@@H](Cc2ccccc2)C(=O)NC2CCCCC2)cc1. The summed E-state index contributed by atoms with van der Waals surface area (Å²) in [4.78, 5) is 29.4. The zero-order chi connectivity index (χ0) is 26.9. The zero-order valence-electron chi connectivity index (χ0n) is 22.0. The van der Waals surface area contributed by atoms with Gasteiger partial charge in [0.2, 0.25) is 11.8 Å². The predicted octanol–water partition coefficient (Wildman–Crippen LogP) is 7.32. The molecule has 0 unspecified atom stereocenters. The summed E-state index contributed by atoms with van der Waals surface area (Å²) in [7, 11) is 0. The molecule has 1 saturated carbocycles. The summed E-state index contributed by atoms with van der Waals surface area (Å²) in [6, 6.07) is 22.9. The minimum Gasteiger partial charge on any atom is -0.352 e. The first kappa shape index (κ1) is 28.2. The third kappa shape index (κ3) is 8.09. The molecule has 3 aromatic rings. The minimum atomic E-state index is -0.656. The molecule has 1 aliphatic rings. The summed E-state index contributed by atoms with van der Waals surface area (Å²) in [5.74, 6) is -0.175. The Morgan fingerprint density at radius 2 is 1.63 bits per heavy atom. The number of nitrogens with one attached hydrogen (secondary N) is 1. The smallest absolute Gasteiger partial charge is 0.243 e. The highest BCUT2D eigenvalue weighted by Crippen LogP contribution is 2.25. The Balaban J connectivity index is 1.62. The van der Waals surface area contributed by atoms with E-state index < -0.39 is 6.04 Å². The molecule has 1 N–H and O–H groups in total. The van der Waals surface area contributed by atoms with Crippen LogP contribution in [0, 0.1) is 6.92 Å². The van der Waals surface area contributed by atoms with Crippen molar-refractivity contribution in [2.75, 3.05) is 0 Å². The lowest BCUT2D eigenvalue weighted by atomic mass is 9.94. The van der Waals surface area contributed by atoms with E-state index in [1.165, 1.54) is 12.0 Å². The van der Waals surface area contributed by atoms with Gasteiger partial charge in [-0.25, -0.2) is 0 Å². The largest absolute Gasteiger partial charge is 0.352 e. The van der Waals surface area contributed by atoms with Crippen molar-refractivity contribution in [2.45, 2.75) is 76.9 Å². The van der Waals surface area contributed by atoms with E-state index in [0.29, 0.717) is 29.3 Å². The van der Waals surface area contributed by atoms with Crippen LogP contribution in [0.15, 0.2) is 72.8 Å². The Morgan fingerprint density at radius 3 is 2.32 bits per heavy atom. The van der Waals surface area contributed by atoms with Gasteiger partial charge in [0.15, 0.2) is 0 Å². The molecule has 4 rings (SSSR count). The molecular formula is C32H36Cl2N2O2. The number of carbonyl (C=O) groups is 2. The molecule has 1 fully saturated rings. The molecular weight excluding hydrogens is 515 g/mol. The van der Waals surface area contributed by atoms with Crippen molar-refractivity contribution in [3.8, 4) is 0 Å². The van der Waals surface area contributed by atoms with Crippen molar-refractivity contribution < 1.29 is 9.59 Å². The minimum absolute atomic E-state index is 0.0729. The van der Waals surface area contributed by atoms with Crippen molar-refractivity contribution in [1.82, 2.24) is 10.2 Å². The van der Waals surface area contributed by atoms with Crippen molar-refractivity contribution in [3.63, 3.8) is 0 Å². The van der Waals surface area contributed by atoms with E-state index in [9.17, 15) is 9.59 Å². The third-order valence-electron chi connectivity index (χ3n) is 7.33. The van der Waals surface area contributed by atoms with Gasteiger partial charge < -0.3 is 10.2 Å². The van der Waals surface area contributed by atoms with E-state index in [-0.39, 0.29) is 24.4 Å². The van der Waals surface area contributed by atoms with Crippen LogP contribution in [0.4, 0.5) is 0 Å². The number of rotatable bonds is 10. The van der Waals surface area contributed by atoms with Crippen LogP contribution in [0.25, 0.3) is 0 Å². The summed E-state index contributed by atoms with van der Waals surface area (Å²) in [5, 5.41) is 4.30. The molecule has 0 heterocycles. The van der Waals surface area contributed by atoms with Gasteiger partial charge >= 0.3 is 0 Å². The monoisotopic (exact) mass is 550 g/mol. The van der Waals surface area contributed by atoms with E-state index in [1.807, 2.05) is 43.3 Å². The second kappa shape index (κ2) is 13.8. The molecule has 1 atom stereocenters. The van der Waals surface area contributed by atoms with Crippen molar-refractivity contribution in [1.29, 1.82) is 0 Å². The molecule has 0 radical (unpaired) electrons. The Hall–Kier alpha value is -2.82. The van der Waals surface area contributed by atoms with Gasteiger partial charge in [-0.15, -0.1) is 0 Å². The summed E-state index contributed by atoms with van der Waals surface area (Å²) in [6.45, 7) is 2.28. The normalized spacial score (nSPS) is 14.6. The van der Waals surface area contributed by atoms with Gasteiger partial charge in [-0.3, -0.25) is 9.59 Å². The lowest BCUT2D eigenvalue weighted by Crippen LogP contribution is -2.53. The van der Waals surface area contributed by atoms with Crippen molar-refractivity contribution in [2.24, 2.45) is 0 Å².